The van der Waals surface area contributed by atoms with Crippen LogP contribution in [-0.2, 0) is 4.79 Å². The number of halogens is 1. The van der Waals surface area contributed by atoms with E-state index in [2.05, 4.69) is 15.9 Å². The Kier molecular flexibility index (Phi) is 2.49. The SMILES string of the molecule is O=C1CCN(C(=O)O)CC1Br. The molecule has 0 aromatic carbocycles. The van der Waals surface area contributed by atoms with Crippen molar-refractivity contribution in [3.63, 3.8) is 0 Å². The first-order valence-electron chi connectivity index (χ1n) is 3.26. The number of piperidine rings is 1. The van der Waals surface area contributed by atoms with Gasteiger partial charge in [0.15, 0.2) is 0 Å². The third-order valence-corrected chi connectivity index (χ3v) is 2.43. The minimum atomic E-state index is -0.957. The molecule has 1 fully saturated rings. The Morgan fingerprint density at radius 3 is 2.82 bits per heavy atom. The highest BCUT2D eigenvalue weighted by Crippen LogP contribution is 2.13. The summed E-state index contributed by atoms with van der Waals surface area (Å²) in [6.45, 7) is 0.602. The van der Waals surface area contributed by atoms with Crippen molar-refractivity contribution in [3.8, 4) is 0 Å². The van der Waals surface area contributed by atoms with Crippen LogP contribution in [0, 0.1) is 0 Å². The molecule has 0 aromatic heterocycles. The van der Waals surface area contributed by atoms with Gasteiger partial charge in [0, 0.05) is 19.5 Å². The van der Waals surface area contributed by atoms with Gasteiger partial charge in [-0.1, -0.05) is 15.9 Å². The van der Waals surface area contributed by atoms with Gasteiger partial charge in [0.05, 0.1) is 4.83 Å². The molecule has 1 amide bonds. The zero-order valence-electron chi connectivity index (χ0n) is 5.79. The summed E-state index contributed by atoms with van der Waals surface area (Å²) < 4.78 is 0. The van der Waals surface area contributed by atoms with Crippen LogP contribution in [0.1, 0.15) is 6.42 Å². The van der Waals surface area contributed by atoms with Gasteiger partial charge < -0.3 is 10.0 Å². The van der Waals surface area contributed by atoms with E-state index in [9.17, 15) is 9.59 Å². The molecule has 62 valence electrons. The summed E-state index contributed by atoms with van der Waals surface area (Å²) in [5.74, 6) is 0.0856. The van der Waals surface area contributed by atoms with Crippen LogP contribution in [0.3, 0.4) is 0 Å². The predicted octanol–water partition coefficient (Wildman–Crippen LogP) is 0.703. The van der Waals surface area contributed by atoms with E-state index in [1.807, 2.05) is 0 Å². The second-order valence-corrected chi connectivity index (χ2v) is 3.52. The number of amides is 1. The Morgan fingerprint density at radius 1 is 1.73 bits per heavy atom. The van der Waals surface area contributed by atoms with Crippen molar-refractivity contribution in [1.82, 2.24) is 4.90 Å². The Balaban J connectivity index is 2.52. The van der Waals surface area contributed by atoms with Crippen molar-refractivity contribution in [3.05, 3.63) is 0 Å². The largest absolute Gasteiger partial charge is 0.465 e. The van der Waals surface area contributed by atoms with Gasteiger partial charge in [-0.05, 0) is 0 Å². The summed E-state index contributed by atoms with van der Waals surface area (Å²) in [7, 11) is 0. The first-order chi connectivity index (χ1) is 5.11. The molecular formula is C6H8BrNO3. The smallest absolute Gasteiger partial charge is 0.407 e. The highest BCUT2D eigenvalue weighted by molar-refractivity contribution is 9.10. The number of alkyl halides is 1. The van der Waals surface area contributed by atoms with E-state index in [1.54, 1.807) is 0 Å². The molecule has 1 aliphatic heterocycles. The summed E-state index contributed by atoms with van der Waals surface area (Å²) in [5, 5.41) is 8.54. The lowest BCUT2D eigenvalue weighted by Crippen LogP contribution is -2.43. The van der Waals surface area contributed by atoms with E-state index in [4.69, 9.17) is 5.11 Å². The van der Waals surface area contributed by atoms with Gasteiger partial charge in [-0.15, -0.1) is 0 Å². The molecule has 1 rings (SSSR count). The molecule has 0 aromatic rings. The van der Waals surface area contributed by atoms with Crippen LogP contribution in [0.5, 0.6) is 0 Å². The number of carbonyl (C=O) groups is 2. The fraction of sp³-hybridized carbons (Fsp3) is 0.667. The topological polar surface area (TPSA) is 57.6 Å². The molecule has 5 heteroatoms. The van der Waals surface area contributed by atoms with Crippen LogP contribution in [-0.4, -0.2) is 39.8 Å². The lowest BCUT2D eigenvalue weighted by Gasteiger charge is -2.26. The van der Waals surface area contributed by atoms with Gasteiger partial charge in [-0.3, -0.25) is 4.79 Å². The first-order valence-corrected chi connectivity index (χ1v) is 4.17. The number of ketones is 1. The summed E-state index contributed by atoms with van der Waals surface area (Å²) in [5.41, 5.74) is 0. The number of carboxylic acid groups (broad SMARTS) is 1. The normalized spacial score (nSPS) is 25.4. The van der Waals surface area contributed by atoms with Crippen LogP contribution >= 0.6 is 15.9 Å². The van der Waals surface area contributed by atoms with Crippen LogP contribution < -0.4 is 0 Å². The summed E-state index contributed by atoms with van der Waals surface area (Å²) in [6, 6.07) is 0. The maximum absolute atomic E-state index is 10.9. The lowest BCUT2D eigenvalue weighted by atomic mass is 10.1. The minimum absolute atomic E-state index is 0.0856. The third kappa shape index (κ3) is 1.92. The van der Waals surface area contributed by atoms with Gasteiger partial charge >= 0.3 is 6.09 Å². The van der Waals surface area contributed by atoms with E-state index in [-0.39, 0.29) is 17.2 Å². The molecule has 1 aliphatic rings. The van der Waals surface area contributed by atoms with Gasteiger partial charge in [0.25, 0.3) is 0 Å². The highest BCUT2D eigenvalue weighted by Gasteiger charge is 2.27. The average molecular weight is 222 g/mol. The molecule has 0 saturated carbocycles. The van der Waals surface area contributed by atoms with Crippen molar-refractivity contribution in [1.29, 1.82) is 0 Å². The molecule has 1 unspecified atom stereocenters. The minimum Gasteiger partial charge on any atom is -0.465 e. The summed E-state index contributed by atoms with van der Waals surface area (Å²) in [4.78, 5) is 22.2. The molecule has 1 heterocycles. The van der Waals surface area contributed by atoms with Crippen molar-refractivity contribution >= 4 is 27.8 Å². The lowest BCUT2D eigenvalue weighted by molar-refractivity contribution is -0.120. The first kappa shape index (κ1) is 8.52. The van der Waals surface area contributed by atoms with Crippen LogP contribution in [0.15, 0.2) is 0 Å². The molecule has 0 spiro atoms. The fourth-order valence-electron chi connectivity index (χ4n) is 0.962. The molecular weight excluding hydrogens is 214 g/mol. The second kappa shape index (κ2) is 3.21. The molecule has 1 N–H and O–H groups in total. The quantitative estimate of drug-likeness (QED) is 0.614. The average Bonchev–Trinajstić information content (AvgIpc) is 1.94. The highest BCUT2D eigenvalue weighted by atomic mass is 79.9. The summed E-state index contributed by atoms with van der Waals surface area (Å²) in [6.07, 6.45) is -0.635. The summed E-state index contributed by atoms with van der Waals surface area (Å²) >= 11 is 3.11. The Labute approximate surface area is 72.3 Å². The number of hydrogen-bond acceptors (Lipinski definition) is 2. The fourth-order valence-corrected chi connectivity index (χ4v) is 1.54. The Bertz CT molecular complexity index is 194. The monoisotopic (exact) mass is 221 g/mol. The number of hydrogen-bond donors (Lipinski definition) is 1. The number of likely N-dealkylation sites (tertiary alicyclic amines) is 1. The standard InChI is InChI=1S/C6H8BrNO3/c7-4-3-8(6(10)11)2-1-5(4)9/h4H,1-3H2,(H,10,11). The number of Topliss-reactive ketones (excluding diaryl/α,β-unsaturated/α-hetero) is 1. The molecule has 11 heavy (non-hydrogen) atoms. The zero-order valence-corrected chi connectivity index (χ0v) is 7.37. The Morgan fingerprint density at radius 2 is 2.36 bits per heavy atom. The molecule has 4 nitrogen and oxygen atoms in total. The maximum atomic E-state index is 10.9. The number of rotatable bonds is 0. The van der Waals surface area contributed by atoms with Crippen molar-refractivity contribution in [2.75, 3.05) is 13.1 Å². The van der Waals surface area contributed by atoms with Gasteiger partial charge in [-0.2, -0.15) is 0 Å². The van der Waals surface area contributed by atoms with Gasteiger partial charge in [0.1, 0.15) is 5.78 Å². The van der Waals surface area contributed by atoms with Crippen molar-refractivity contribution in [2.24, 2.45) is 0 Å². The van der Waals surface area contributed by atoms with Crippen LogP contribution in [0.4, 0.5) is 4.79 Å². The molecule has 0 bridgehead atoms. The molecule has 0 radical (unpaired) electrons. The van der Waals surface area contributed by atoms with Gasteiger partial charge in [-0.25, -0.2) is 4.79 Å². The molecule has 1 atom stereocenters. The number of nitrogens with zero attached hydrogens (tertiary/aromatic N) is 1. The van der Waals surface area contributed by atoms with E-state index in [0.29, 0.717) is 13.0 Å². The van der Waals surface area contributed by atoms with Crippen molar-refractivity contribution < 1.29 is 14.7 Å². The van der Waals surface area contributed by atoms with Crippen molar-refractivity contribution in [2.45, 2.75) is 11.2 Å². The van der Waals surface area contributed by atoms with E-state index in [1.165, 1.54) is 4.90 Å². The van der Waals surface area contributed by atoms with Gasteiger partial charge in [0.2, 0.25) is 0 Å². The van der Waals surface area contributed by atoms with Crippen LogP contribution in [0.2, 0.25) is 0 Å². The molecule has 1 saturated heterocycles. The number of carbonyl (C=O) groups excluding carboxylic acids is 1. The second-order valence-electron chi connectivity index (χ2n) is 2.41. The van der Waals surface area contributed by atoms with Crippen LogP contribution in [0.25, 0.3) is 0 Å². The predicted molar refractivity (Wildman–Crippen MR) is 41.9 cm³/mol. The maximum Gasteiger partial charge on any atom is 0.407 e. The Hall–Kier alpha value is -0.580. The van der Waals surface area contributed by atoms with E-state index < -0.39 is 6.09 Å². The third-order valence-electron chi connectivity index (χ3n) is 1.63. The molecule has 0 aliphatic carbocycles. The van der Waals surface area contributed by atoms with E-state index in [0.717, 1.165) is 0 Å². The zero-order chi connectivity index (χ0) is 8.43. The van der Waals surface area contributed by atoms with E-state index >= 15 is 0 Å².